The molecular formula is C17H16N2O4. The van der Waals surface area contributed by atoms with Crippen LogP contribution in [0.5, 0.6) is 0 Å². The molecule has 0 saturated carbocycles. The zero-order valence-corrected chi connectivity index (χ0v) is 12.6. The normalized spacial score (nSPS) is 16.7. The number of aromatic amines is 1. The Balaban J connectivity index is 2.01. The van der Waals surface area contributed by atoms with Gasteiger partial charge in [0.25, 0.3) is 11.5 Å². The summed E-state index contributed by atoms with van der Waals surface area (Å²) in [5.41, 5.74) is 1.92. The van der Waals surface area contributed by atoms with Gasteiger partial charge in [0.2, 0.25) is 0 Å². The van der Waals surface area contributed by atoms with Crippen molar-refractivity contribution in [3.05, 3.63) is 69.1 Å². The summed E-state index contributed by atoms with van der Waals surface area (Å²) in [6.07, 6.45) is 0.237. The van der Waals surface area contributed by atoms with Crippen LogP contribution in [0.3, 0.4) is 0 Å². The lowest BCUT2D eigenvalue weighted by Gasteiger charge is -2.34. The molecule has 1 aromatic heterocycles. The largest absolute Gasteiger partial charge is 0.480 e. The van der Waals surface area contributed by atoms with E-state index in [1.54, 1.807) is 13.0 Å². The summed E-state index contributed by atoms with van der Waals surface area (Å²) in [6, 6.07) is 9.52. The Hall–Kier alpha value is -2.89. The predicted octanol–water partition coefficient (Wildman–Crippen LogP) is 1.34. The molecule has 1 atom stereocenters. The van der Waals surface area contributed by atoms with Gasteiger partial charge in [-0.15, -0.1) is 0 Å². The van der Waals surface area contributed by atoms with E-state index in [1.807, 2.05) is 24.3 Å². The maximum absolute atomic E-state index is 12.7. The van der Waals surface area contributed by atoms with Crippen LogP contribution < -0.4 is 5.56 Å². The first kappa shape index (κ1) is 15.0. The number of hydrogen-bond acceptors (Lipinski definition) is 3. The van der Waals surface area contributed by atoms with Crippen LogP contribution in [0.2, 0.25) is 0 Å². The maximum Gasteiger partial charge on any atom is 0.326 e. The zero-order chi connectivity index (χ0) is 16.6. The number of aromatic nitrogens is 1. The fourth-order valence-corrected chi connectivity index (χ4v) is 2.85. The quantitative estimate of drug-likeness (QED) is 0.875. The summed E-state index contributed by atoms with van der Waals surface area (Å²) in [4.78, 5) is 40.1. The second kappa shape index (κ2) is 5.72. The fraction of sp³-hybridized carbons (Fsp3) is 0.235. The van der Waals surface area contributed by atoms with E-state index in [4.69, 9.17) is 0 Å². The highest BCUT2D eigenvalue weighted by molar-refractivity contribution is 5.96. The average Bonchev–Trinajstić information content (AvgIpc) is 2.53. The lowest BCUT2D eigenvalue weighted by molar-refractivity contribution is -0.142. The molecule has 0 fully saturated rings. The molecule has 2 heterocycles. The van der Waals surface area contributed by atoms with E-state index in [0.717, 1.165) is 11.1 Å². The molecule has 23 heavy (non-hydrogen) atoms. The van der Waals surface area contributed by atoms with Crippen molar-refractivity contribution in [2.24, 2.45) is 0 Å². The van der Waals surface area contributed by atoms with Crippen LogP contribution in [0.4, 0.5) is 0 Å². The van der Waals surface area contributed by atoms with Crippen LogP contribution in [0, 0.1) is 6.92 Å². The predicted molar refractivity (Wildman–Crippen MR) is 83.2 cm³/mol. The number of aliphatic carboxylic acids is 1. The molecule has 1 aromatic carbocycles. The van der Waals surface area contributed by atoms with E-state index in [-0.39, 0.29) is 18.5 Å². The summed E-state index contributed by atoms with van der Waals surface area (Å²) in [5, 5.41) is 9.46. The molecule has 2 aromatic rings. The number of carboxylic acids is 1. The van der Waals surface area contributed by atoms with E-state index >= 15 is 0 Å². The topological polar surface area (TPSA) is 90.5 Å². The summed E-state index contributed by atoms with van der Waals surface area (Å²) < 4.78 is 0. The number of carboxylic acid groups (broad SMARTS) is 1. The first-order chi connectivity index (χ1) is 11.0. The number of amides is 1. The number of carbonyl (C=O) groups is 2. The molecule has 1 amide bonds. The third-order valence-corrected chi connectivity index (χ3v) is 4.08. The van der Waals surface area contributed by atoms with Gasteiger partial charge in [-0.1, -0.05) is 24.3 Å². The summed E-state index contributed by atoms with van der Waals surface area (Å²) in [5.74, 6) is -1.63. The van der Waals surface area contributed by atoms with E-state index in [0.29, 0.717) is 5.69 Å². The van der Waals surface area contributed by atoms with Crippen molar-refractivity contribution in [1.82, 2.24) is 9.88 Å². The minimum atomic E-state index is -1.07. The first-order valence-corrected chi connectivity index (χ1v) is 7.28. The van der Waals surface area contributed by atoms with Gasteiger partial charge in [0.05, 0.1) is 0 Å². The average molecular weight is 312 g/mol. The van der Waals surface area contributed by atoms with Gasteiger partial charge in [0.1, 0.15) is 11.6 Å². The number of benzene rings is 1. The van der Waals surface area contributed by atoms with Gasteiger partial charge < -0.3 is 15.0 Å². The molecule has 0 saturated heterocycles. The van der Waals surface area contributed by atoms with E-state index < -0.39 is 23.5 Å². The minimum absolute atomic E-state index is 0.0405. The van der Waals surface area contributed by atoms with E-state index in [9.17, 15) is 19.5 Å². The van der Waals surface area contributed by atoms with Crippen LogP contribution in [-0.2, 0) is 17.8 Å². The molecule has 1 aliphatic heterocycles. The van der Waals surface area contributed by atoms with Crippen LogP contribution in [-0.4, -0.2) is 32.9 Å². The van der Waals surface area contributed by atoms with Crippen molar-refractivity contribution < 1.29 is 14.7 Å². The van der Waals surface area contributed by atoms with Gasteiger partial charge in [-0.25, -0.2) is 4.79 Å². The maximum atomic E-state index is 12.7. The Labute approximate surface area is 132 Å². The summed E-state index contributed by atoms with van der Waals surface area (Å²) in [7, 11) is 0. The molecule has 0 spiro atoms. The van der Waals surface area contributed by atoms with Crippen molar-refractivity contribution in [2.45, 2.75) is 25.9 Å². The van der Waals surface area contributed by atoms with Crippen molar-refractivity contribution >= 4 is 11.9 Å². The molecule has 0 unspecified atom stereocenters. The number of pyridine rings is 1. The molecule has 1 aliphatic rings. The van der Waals surface area contributed by atoms with Gasteiger partial charge in [-0.05, 0) is 30.2 Å². The molecule has 0 aliphatic carbocycles. The van der Waals surface area contributed by atoms with E-state index in [2.05, 4.69) is 4.98 Å². The minimum Gasteiger partial charge on any atom is -0.480 e. The monoisotopic (exact) mass is 312 g/mol. The molecule has 3 rings (SSSR count). The van der Waals surface area contributed by atoms with Crippen LogP contribution in [0.15, 0.2) is 41.2 Å². The number of carbonyl (C=O) groups excluding carboxylic acids is 1. The highest BCUT2D eigenvalue weighted by atomic mass is 16.4. The molecule has 6 nitrogen and oxygen atoms in total. The molecule has 118 valence electrons. The van der Waals surface area contributed by atoms with Gasteiger partial charge in [-0.2, -0.15) is 0 Å². The van der Waals surface area contributed by atoms with Crippen LogP contribution in [0.25, 0.3) is 0 Å². The Morgan fingerprint density at radius 3 is 2.52 bits per heavy atom. The molecule has 2 N–H and O–H groups in total. The van der Waals surface area contributed by atoms with Gasteiger partial charge in [-0.3, -0.25) is 9.59 Å². The van der Waals surface area contributed by atoms with Gasteiger partial charge in [0, 0.05) is 18.7 Å². The Morgan fingerprint density at radius 2 is 1.87 bits per heavy atom. The molecule has 6 heteroatoms. The Morgan fingerprint density at radius 1 is 1.17 bits per heavy atom. The number of nitrogens with one attached hydrogen (secondary N) is 1. The van der Waals surface area contributed by atoms with Crippen molar-refractivity contribution in [2.75, 3.05) is 0 Å². The SMILES string of the molecule is Cc1ccc(C(=O)N2Cc3ccccc3C[C@H]2C(=O)O)c(=O)[nH]1. The highest BCUT2D eigenvalue weighted by Crippen LogP contribution is 2.24. The van der Waals surface area contributed by atoms with Gasteiger partial charge >= 0.3 is 5.97 Å². The second-order valence-electron chi connectivity index (χ2n) is 5.64. The molecule has 0 bridgehead atoms. The fourth-order valence-electron chi connectivity index (χ4n) is 2.85. The van der Waals surface area contributed by atoms with E-state index in [1.165, 1.54) is 11.0 Å². The number of hydrogen-bond donors (Lipinski definition) is 2. The number of fused-ring (bicyclic) bond motifs is 1. The summed E-state index contributed by atoms with van der Waals surface area (Å²) in [6.45, 7) is 1.89. The first-order valence-electron chi connectivity index (χ1n) is 7.28. The third-order valence-electron chi connectivity index (χ3n) is 4.08. The van der Waals surface area contributed by atoms with Crippen LogP contribution in [0.1, 0.15) is 27.2 Å². The lowest BCUT2D eigenvalue weighted by Crippen LogP contribution is -2.49. The number of H-pyrrole nitrogens is 1. The number of rotatable bonds is 2. The smallest absolute Gasteiger partial charge is 0.326 e. The lowest BCUT2D eigenvalue weighted by atomic mass is 9.93. The third kappa shape index (κ3) is 2.75. The van der Waals surface area contributed by atoms with Crippen molar-refractivity contribution in [1.29, 1.82) is 0 Å². The zero-order valence-electron chi connectivity index (χ0n) is 12.6. The van der Waals surface area contributed by atoms with Gasteiger partial charge in [0.15, 0.2) is 0 Å². The second-order valence-corrected chi connectivity index (χ2v) is 5.64. The molecule has 0 radical (unpaired) electrons. The Kier molecular flexibility index (Phi) is 3.73. The molecular weight excluding hydrogens is 296 g/mol. The highest BCUT2D eigenvalue weighted by Gasteiger charge is 2.35. The standard InChI is InChI=1S/C17H16N2O4/c1-10-6-7-13(15(20)18-10)16(21)19-9-12-5-3-2-4-11(12)8-14(19)17(22)23/h2-7,14H,8-9H2,1H3,(H,18,20)(H,22,23)/t14-/m0/s1. The summed E-state index contributed by atoms with van der Waals surface area (Å²) >= 11 is 0. The number of nitrogens with zero attached hydrogens (tertiary/aromatic N) is 1. The van der Waals surface area contributed by atoms with Crippen LogP contribution >= 0.6 is 0 Å². The van der Waals surface area contributed by atoms with Crippen molar-refractivity contribution in [3.63, 3.8) is 0 Å². The Bertz CT molecular complexity index is 840. The van der Waals surface area contributed by atoms with Crippen molar-refractivity contribution in [3.8, 4) is 0 Å². The number of aryl methyl sites for hydroxylation is 1.